The number of aromatic nitrogens is 1. The summed E-state index contributed by atoms with van der Waals surface area (Å²) >= 11 is 0. The minimum absolute atomic E-state index is 0.0734. The summed E-state index contributed by atoms with van der Waals surface area (Å²) in [6, 6.07) is 2.85. The number of carboxylic acids is 1. The van der Waals surface area contributed by atoms with E-state index in [1.807, 2.05) is 4.90 Å². The first-order chi connectivity index (χ1) is 12.0. The fourth-order valence-corrected chi connectivity index (χ4v) is 3.51. The summed E-state index contributed by atoms with van der Waals surface area (Å²) in [5.41, 5.74) is 0.326. The number of carbonyl (C=O) groups excluding carboxylic acids is 2. The van der Waals surface area contributed by atoms with Crippen LogP contribution < -0.4 is 0 Å². The standard InChI is InChI=1S/C18H23N3O4/c22-16(20-7-1-2-8-20)11-13-5-9-21(10-6-13)17(23)14-3-4-15(18(24)25)19-12-14/h3-4,12-13H,1-2,5-11H2,(H,24,25). The van der Waals surface area contributed by atoms with Crippen molar-refractivity contribution in [3.05, 3.63) is 29.6 Å². The van der Waals surface area contributed by atoms with Crippen LogP contribution in [-0.4, -0.2) is 63.9 Å². The van der Waals surface area contributed by atoms with Crippen molar-refractivity contribution in [2.24, 2.45) is 5.92 Å². The number of likely N-dealkylation sites (tertiary alicyclic amines) is 2. The van der Waals surface area contributed by atoms with Crippen LogP contribution in [0.25, 0.3) is 0 Å². The number of hydrogen-bond acceptors (Lipinski definition) is 4. The minimum atomic E-state index is -1.11. The number of carbonyl (C=O) groups is 3. The number of amides is 2. The molecule has 0 saturated carbocycles. The van der Waals surface area contributed by atoms with Gasteiger partial charge in [0, 0.05) is 38.8 Å². The molecule has 0 bridgehead atoms. The largest absolute Gasteiger partial charge is 0.477 e. The first-order valence-corrected chi connectivity index (χ1v) is 8.81. The van der Waals surface area contributed by atoms with Crippen LogP contribution in [0.2, 0.25) is 0 Å². The molecule has 25 heavy (non-hydrogen) atoms. The Bertz CT molecular complexity index is 645. The molecule has 0 unspecified atom stereocenters. The first kappa shape index (κ1) is 17.4. The van der Waals surface area contributed by atoms with E-state index in [-0.39, 0.29) is 17.5 Å². The van der Waals surface area contributed by atoms with E-state index in [1.54, 1.807) is 4.90 Å². The van der Waals surface area contributed by atoms with Gasteiger partial charge in [-0.2, -0.15) is 0 Å². The molecule has 3 rings (SSSR count). The second-order valence-electron chi connectivity index (χ2n) is 6.76. The third-order valence-electron chi connectivity index (χ3n) is 5.05. The quantitative estimate of drug-likeness (QED) is 0.896. The number of hydrogen-bond donors (Lipinski definition) is 1. The molecule has 134 valence electrons. The van der Waals surface area contributed by atoms with Gasteiger partial charge < -0.3 is 14.9 Å². The zero-order valence-electron chi connectivity index (χ0n) is 14.2. The summed E-state index contributed by atoms with van der Waals surface area (Å²) in [6.45, 7) is 3.01. The molecule has 0 atom stereocenters. The van der Waals surface area contributed by atoms with Crippen LogP contribution in [0, 0.1) is 5.92 Å². The predicted octanol–water partition coefficient (Wildman–Crippen LogP) is 1.64. The van der Waals surface area contributed by atoms with E-state index in [1.165, 1.54) is 18.3 Å². The van der Waals surface area contributed by atoms with Crippen LogP contribution in [0.3, 0.4) is 0 Å². The van der Waals surface area contributed by atoms with E-state index in [4.69, 9.17) is 5.11 Å². The zero-order chi connectivity index (χ0) is 17.8. The fourth-order valence-electron chi connectivity index (χ4n) is 3.51. The number of aromatic carboxylic acids is 1. The molecule has 7 nitrogen and oxygen atoms in total. The van der Waals surface area contributed by atoms with Gasteiger partial charge in [0.2, 0.25) is 5.91 Å². The van der Waals surface area contributed by atoms with Crippen molar-refractivity contribution >= 4 is 17.8 Å². The predicted molar refractivity (Wildman–Crippen MR) is 90.3 cm³/mol. The lowest BCUT2D eigenvalue weighted by atomic mass is 9.92. The van der Waals surface area contributed by atoms with Gasteiger partial charge >= 0.3 is 5.97 Å². The highest BCUT2D eigenvalue weighted by atomic mass is 16.4. The maximum absolute atomic E-state index is 12.5. The van der Waals surface area contributed by atoms with Gasteiger partial charge in [-0.05, 0) is 43.7 Å². The SMILES string of the molecule is O=C(O)c1ccc(C(=O)N2CCC(CC(=O)N3CCCC3)CC2)cn1. The summed E-state index contributed by atoms with van der Waals surface area (Å²) in [6.07, 6.45) is 5.75. The van der Waals surface area contributed by atoms with Gasteiger partial charge in [-0.3, -0.25) is 9.59 Å². The Labute approximate surface area is 146 Å². The molecule has 3 heterocycles. The molecular weight excluding hydrogens is 322 g/mol. The molecule has 0 aliphatic carbocycles. The van der Waals surface area contributed by atoms with Crippen molar-refractivity contribution in [2.75, 3.05) is 26.2 Å². The highest BCUT2D eigenvalue weighted by Crippen LogP contribution is 2.23. The van der Waals surface area contributed by atoms with Crippen molar-refractivity contribution < 1.29 is 19.5 Å². The van der Waals surface area contributed by atoms with Crippen LogP contribution in [0.15, 0.2) is 18.3 Å². The number of carboxylic acid groups (broad SMARTS) is 1. The summed E-state index contributed by atoms with van der Waals surface area (Å²) in [4.78, 5) is 43.0. The number of pyridine rings is 1. The van der Waals surface area contributed by atoms with Crippen molar-refractivity contribution in [2.45, 2.75) is 32.1 Å². The van der Waals surface area contributed by atoms with E-state index < -0.39 is 5.97 Å². The molecule has 0 radical (unpaired) electrons. The monoisotopic (exact) mass is 345 g/mol. The lowest BCUT2D eigenvalue weighted by Crippen LogP contribution is -2.40. The van der Waals surface area contributed by atoms with Gasteiger partial charge in [0.15, 0.2) is 0 Å². The molecule has 7 heteroatoms. The van der Waals surface area contributed by atoms with Crippen molar-refractivity contribution in [3.63, 3.8) is 0 Å². The van der Waals surface area contributed by atoms with E-state index >= 15 is 0 Å². The third-order valence-corrected chi connectivity index (χ3v) is 5.05. The molecular formula is C18H23N3O4. The first-order valence-electron chi connectivity index (χ1n) is 8.81. The van der Waals surface area contributed by atoms with Crippen molar-refractivity contribution in [1.29, 1.82) is 0 Å². The number of nitrogens with zero attached hydrogens (tertiary/aromatic N) is 3. The summed E-state index contributed by atoms with van der Waals surface area (Å²) in [7, 11) is 0. The van der Waals surface area contributed by atoms with E-state index in [2.05, 4.69) is 4.98 Å². The summed E-state index contributed by atoms with van der Waals surface area (Å²) < 4.78 is 0. The third kappa shape index (κ3) is 4.15. The van der Waals surface area contributed by atoms with E-state index in [9.17, 15) is 14.4 Å². The second-order valence-corrected chi connectivity index (χ2v) is 6.76. The topological polar surface area (TPSA) is 90.8 Å². The average molecular weight is 345 g/mol. The molecule has 2 amide bonds. The Hall–Kier alpha value is -2.44. The molecule has 1 aromatic rings. The Morgan fingerprint density at radius 2 is 1.72 bits per heavy atom. The van der Waals surface area contributed by atoms with Gasteiger partial charge in [0.1, 0.15) is 5.69 Å². The molecule has 1 N–H and O–H groups in total. The normalized spacial score (nSPS) is 18.4. The van der Waals surface area contributed by atoms with E-state index in [0.29, 0.717) is 31.0 Å². The minimum Gasteiger partial charge on any atom is -0.477 e. The van der Waals surface area contributed by atoms with Gasteiger partial charge in [-0.25, -0.2) is 9.78 Å². The second kappa shape index (κ2) is 7.63. The van der Waals surface area contributed by atoms with Crippen LogP contribution in [0.4, 0.5) is 0 Å². The highest BCUT2D eigenvalue weighted by Gasteiger charge is 2.27. The Kier molecular flexibility index (Phi) is 5.31. The summed E-state index contributed by atoms with van der Waals surface area (Å²) in [5.74, 6) is -0.656. The Balaban J connectivity index is 1.50. The molecule has 1 aromatic heterocycles. The van der Waals surface area contributed by atoms with Crippen molar-refractivity contribution in [1.82, 2.24) is 14.8 Å². The molecule has 2 aliphatic heterocycles. The van der Waals surface area contributed by atoms with Crippen LogP contribution in [-0.2, 0) is 4.79 Å². The van der Waals surface area contributed by atoms with Gasteiger partial charge in [0.05, 0.1) is 5.56 Å². The van der Waals surface area contributed by atoms with Crippen LogP contribution >= 0.6 is 0 Å². The van der Waals surface area contributed by atoms with Crippen molar-refractivity contribution in [3.8, 4) is 0 Å². The van der Waals surface area contributed by atoms with Gasteiger partial charge in [-0.1, -0.05) is 0 Å². The molecule has 2 fully saturated rings. The van der Waals surface area contributed by atoms with Crippen LogP contribution in [0.1, 0.15) is 53.0 Å². The van der Waals surface area contributed by atoms with Gasteiger partial charge in [0.25, 0.3) is 5.91 Å². The summed E-state index contributed by atoms with van der Waals surface area (Å²) in [5, 5.41) is 8.85. The Morgan fingerprint density at radius 3 is 2.28 bits per heavy atom. The smallest absolute Gasteiger partial charge is 0.354 e. The number of piperidine rings is 1. The highest BCUT2D eigenvalue weighted by molar-refractivity contribution is 5.95. The fraction of sp³-hybridized carbons (Fsp3) is 0.556. The zero-order valence-corrected chi connectivity index (χ0v) is 14.2. The molecule has 2 aliphatic rings. The molecule has 0 aromatic carbocycles. The lowest BCUT2D eigenvalue weighted by Gasteiger charge is -2.32. The maximum atomic E-state index is 12.5. The lowest BCUT2D eigenvalue weighted by molar-refractivity contribution is -0.131. The molecule has 0 spiro atoms. The number of rotatable bonds is 4. The van der Waals surface area contributed by atoms with Crippen LogP contribution in [0.5, 0.6) is 0 Å². The average Bonchev–Trinajstić information content (AvgIpc) is 3.17. The molecule has 2 saturated heterocycles. The Morgan fingerprint density at radius 1 is 1.04 bits per heavy atom. The maximum Gasteiger partial charge on any atom is 0.354 e. The van der Waals surface area contributed by atoms with Gasteiger partial charge in [-0.15, -0.1) is 0 Å². The van der Waals surface area contributed by atoms with E-state index in [0.717, 1.165) is 38.8 Å².